The third kappa shape index (κ3) is 1.85. The van der Waals surface area contributed by atoms with Gasteiger partial charge < -0.3 is 4.98 Å². The van der Waals surface area contributed by atoms with Crippen molar-refractivity contribution in [3.05, 3.63) is 76.8 Å². The number of benzene rings is 3. The van der Waals surface area contributed by atoms with Crippen LogP contribution >= 0.6 is 0 Å². The van der Waals surface area contributed by atoms with Crippen molar-refractivity contribution in [2.45, 2.75) is 0 Å². The van der Waals surface area contributed by atoms with Gasteiger partial charge in [-0.2, -0.15) is 0 Å². The molecule has 0 spiro atoms. The van der Waals surface area contributed by atoms with E-state index in [1.54, 1.807) is 12.1 Å². The molecule has 0 aliphatic carbocycles. The lowest BCUT2D eigenvalue weighted by Crippen LogP contribution is -1.91. The van der Waals surface area contributed by atoms with Crippen molar-refractivity contribution in [1.29, 1.82) is 0 Å². The van der Waals surface area contributed by atoms with Gasteiger partial charge in [-0.1, -0.05) is 36.4 Å². The van der Waals surface area contributed by atoms with Gasteiger partial charge in [-0.05, 0) is 29.8 Å². The third-order valence-corrected chi connectivity index (χ3v) is 3.92. The summed E-state index contributed by atoms with van der Waals surface area (Å²) in [5.74, 6) is 0. The number of aromatic amines is 1. The van der Waals surface area contributed by atoms with Crippen LogP contribution in [0.1, 0.15) is 0 Å². The molecule has 4 heteroatoms. The average Bonchev–Trinajstić information content (AvgIpc) is 2.92. The van der Waals surface area contributed by atoms with Crippen molar-refractivity contribution in [1.82, 2.24) is 4.98 Å². The molecule has 0 aliphatic heterocycles. The van der Waals surface area contributed by atoms with Crippen molar-refractivity contribution >= 4 is 27.5 Å². The quantitative estimate of drug-likeness (QED) is 0.421. The Balaban J connectivity index is 2.00. The van der Waals surface area contributed by atoms with Crippen LogP contribution in [0.5, 0.6) is 0 Å². The zero-order valence-corrected chi connectivity index (χ0v) is 11.6. The van der Waals surface area contributed by atoms with Gasteiger partial charge in [-0.15, -0.1) is 0 Å². The summed E-state index contributed by atoms with van der Waals surface area (Å²) in [7, 11) is 0. The van der Waals surface area contributed by atoms with Crippen LogP contribution in [0.4, 0.5) is 5.69 Å². The summed E-state index contributed by atoms with van der Waals surface area (Å²) in [6, 6.07) is 20.8. The lowest BCUT2D eigenvalue weighted by molar-refractivity contribution is -0.384. The zero-order chi connectivity index (χ0) is 15.1. The van der Waals surface area contributed by atoms with Crippen LogP contribution in [0.25, 0.3) is 32.9 Å². The summed E-state index contributed by atoms with van der Waals surface area (Å²) < 4.78 is 0. The molecular formula is C18H12N2O2. The lowest BCUT2D eigenvalue weighted by Gasteiger charge is -2.03. The number of nitrogens with one attached hydrogen (secondary N) is 1. The third-order valence-electron chi connectivity index (χ3n) is 3.92. The van der Waals surface area contributed by atoms with E-state index in [2.05, 4.69) is 11.1 Å². The Labute approximate surface area is 126 Å². The van der Waals surface area contributed by atoms with E-state index in [1.807, 2.05) is 42.5 Å². The zero-order valence-electron chi connectivity index (χ0n) is 11.6. The molecule has 1 aromatic heterocycles. The normalized spacial score (nSPS) is 11.1. The fourth-order valence-corrected chi connectivity index (χ4v) is 2.89. The molecule has 0 atom stereocenters. The van der Waals surface area contributed by atoms with E-state index < -0.39 is 0 Å². The first-order valence-corrected chi connectivity index (χ1v) is 6.98. The van der Waals surface area contributed by atoms with Crippen LogP contribution in [-0.2, 0) is 0 Å². The van der Waals surface area contributed by atoms with Gasteiger partial charge in [0.1, 0.15) is 0 Å². The summed E-state index contributed by atoms with van der Waals surface area (Å²) in [6.07, 6.45) is 0. The van der Waals surface area contributed by atoms with Gasteiger partial charge in [0.15, 0.2) is 0 Å². The Morgan fingerprint density at radius 2 is 1.55 bits per heavy atom. The smallest absolute Gasteiger partial charge is 0.277 e. The van der Waals surface area contributed by atoms with Crippen LogP contribution in [0.15, 0.2) is 66.7 Å². The van der Waals surface area contributed by atoms with Crippen molar-refractivity contribution < 1.29 is 4.92 Å². The van der Waals surface area contributed by atoms with Gasteiger partial charge in [0.05, 0.1) is 10.5 Å². The molecule has 22 heavy (non-hydrogen) atoms. The number of nitrogens with zero attached hydrogens (tertiary/aromatic N) is 1. The molecule has 0 saturated heterocycles. The van der Waals surface area contributed by atoms with E-state index in [4.69, 9.17) is 0 Å². The van der Waals surface area contributed by atoms with E-state index in [-0.39, 0.29) is 10.6 Å². The Bertz CT molecular complexity index is 1020. The highest BCUT2D eigenvalue weighted by atomic mass is 16.6. The van der Waals surface area contributed by atoms with Crippen LogP contribution in [-0.4, -0.2) is 9.91 Å². The molecule has 0 unspecified atom stereocenters. The van der Waals surface area contributed by atoms with E-state index in [9.17, 15) is 10.1 Å². The second-order valence-corrected chi connectivity index (χ2v) is 5.21. The summed E-state index contributed by atoms with van der Waals surface area (Å²) in [6.45, 7) is 0. The minimum absolute atomic E-state index is 0.127. The van der Waals surface area contributed by atoms with E-state index in [0.29, 0.717) is 5.56 Å². The van der Waals surface area contributed by atoms with E-state index >= 15 is 0 Å². The Morgan fingerprint density at radius 3 is 2.41 bits per heavy atom. The first-order chi connectivity index (χ1) is 10.7. The Kier molecular flexibility index (Phi) is 2.69. The number of hydrogen-bond acceptors (Lipinski definition) is 2. The highest BCUT2D eigenvalue weighted by Gasteiger charge is 2.15. The van der Waals surface area contributed by atoms with Gasteiger partial charge in [-0.25, -0.2) is 0 Å². The predicted octanol–water partition coefficient (Wildman–Crippen LogP) is 4.90. The maximum absolute atomic E-state index is 11.2. The molecule has 0 amide bonds. The molecule has 1 heterocycles. The number of rotatable bonds is 2. The van der Waals surface area contributed by atoms with Crippen LogP contribution in [0.3, 0.4) is 0 Å². The van der Waals surface area contributed by atoms with Gasteiger partial charge in [0.25, 0.3) is 5.69 Å². The highest BCUT2D eigenvalue weighted by Crippen LogP contribution is 2.33. The maximum Gasteiger partial charge on any atom is 0.277 e. The van der Waals surface area contributed by atoms with Gasteiger partial charge in [-0.3, -0.25) is 10.1 Å². The monoisotopic (exact) mass is 288 g/mol. The molecule has 0 aliphatic rings. The van der Waals surface area contributed by atoms with Crippen molar-refractivity contribution in [3.63, 3.8) is 0 Å². The molecule has 106 valence electrons. The molecule has 4 aromatic rings. The van der Waals surface area contributed by atoms with Crippen molar-refractivity contribution in [2.24, 2.45) is 0 Å². The molecule has 0 fully saturated rings. The number of nitro groups is 1. The molecule has 0 bridgehead atoms. The second-order valence-electron chi connectivity index (χ2n) is 5.21. The number of hydrogen-bond donors (Lipinski definition) is 1. The molecule has 0 radical (unpaired) electrons. The van der Waals surface area contributed by atoms with Crippen LogP contribution in [0.2, 0.25) is 0 Å². The minimum Gasteiger partial charge on any atom is -0.355 e. The minimum atomic E-state index is -0.339. The Hall–Kier alpha value is -3.14. The van der Waals surface area contributed by atoms with Gasteiger partial charge in [0.2, 0.25) is 0 Å². The first kappa shape index (κ1) is 12.6. The molecule has 3 aromatic carbocycles. The number of para-hydroxylation sites is 2. The van der Waals surface area contributed by atoms with E-state index in [1.165, 1.54) is 6.07 Å². The van der Waals surface area contributed by atoms with Crippen molar-refractivity contribution in [3.8, 4) is 11.1 Å². The topological polar surface area (TPSA) is 58.9 Å². The predicted molar refractivity (Wildman–Crippen MR) is 87.9 cm³/mol. The summed E-state index contributed by atoms with van der Waals surface area (Å²) in [5.41, 5.74) is 3.71. The second kappa shape index (κ2) is 4.70. The molecule has 4 nitrogen and oxygen atoms in total. The standard InChI is InChI=1S/C18H12N2O2/c21-20(22)18-8-4-2-5-13(18)12-9-10-17-15(11-12)14-6-1-3-7-16(14)19-17/h1-11,19H. The van der Waals surface area contributed by atoms with E-state index in [0.717, 1.165) is 27.4 Å². The Morgan fingerprint density at radius 1 is 0.818 bits per heavy atom. The summed E-state index contributed by atoms with van der Waals surface area (Å²) >= 11 is 0. The number of fused-ring (bicyclic) bond motifs is 3. The maximum atomic E-state index is 11.2. The molecule has 4 rings (SSSR count). The highest BCUT2D eigenvalue weighted by molar-refractivity contribution is 6.08. The largest absolute Gasteiger partial charge is 0.355 e. The summed E-state index contributed by atoms with van der Waals surface area (Å²) in [4.78, 5) is 14.2. The number of nitro benzene ring substituents is 1. The average molecular weight is 288 g/mol. The van der Waals surface area contributed by atoms with Gasteiger partial charge >= 0.3 is 0 Å². The fourth-order valence-electron chi connectivity index (χ4n) is 2.89. The lowest BCUT2D eigenvalue weighted by atomic mass is 10.0. The SMILES string of the molecule is O=[N+]([O-])c1ccccc1-c1ccc2[nH]c3ccccc3c2c1. The summed E-state index contributed by atoms with van der Waals surface area (Å²) in [5, 5.41) is 13.4. The molecular weight excluding hydrogens is 276 g/mol. The fraction of sp³-hybridized carbons (Fsp3) is 0. The van der Waals surface area contributed by atoms with Crippen LogP contribution < -0.4 is 0 Å². The number of aromatic nitrogens is 1. The number of H-pyrrole nitrogens is 1. The molecule has 0 saturated carbocycles. The van der Waals surface area contributed by atoms with Crippen LogP contribution in [0, 0.1) is 10.1 Å². The first-order valence-electron chi connectivity index (χ1n) is 6.98. The van der Waals surface area contributed by atoms with Gasteiger partial charge in [0, 0.05) is 27.9 Å². The molecule has 1 N–H and O–H groups in total. The van der Waals surface area contributed by atoms with Crippen molar-refractivity contribution in [2.75, 3.05) is 0 Å².